The second kappa shape index (κ2) is 13.1. The Morgan fingerprint density at radius 3 is 2.31 bits per heavy atom. The van der Waals surface area contributed by atoms with Crippen molar-refractivity contribution in [1.82, 2.24) is 10.2 Å². The van der Waals surface area contributed by atoms with Gasteiger partial charge < -0.3 is 10.2 Å². The molecule has 39 heavy (non-hydrogen) atoms. The van der Waals surface area contributed by atoms with Crippen molar-refractivity contribution in [3.05, 3.63) is 94.3 Å². The summed E-state index contributed by atoms with van der Waals surface area (Å²) < 4.78 is 43.2. The SMILES string of the molecule is CCCNC(=O)[C@@H](C)N(Cc1ccccc1F)C(=O)CN(c1ccc(C)c(Cl)c1)S(=O)(=O)c1ccc(C)cc1. The summed E-state index contributed by atoms with van der Waals surface area (Å²) >= 11 is 6.33. The van der Waals surface area contributed by atoms with Gasteiger partial charge in [-0.15, -0.1) is 0 Å². The molecule has 1 N–H and O–H groups in total. The molecular formula is C29H33ClFN3O4S. The lowest BCUT2D eigenvalue weighted by atomic mass is 10.1. The van der Waals surface area contributed by atoms with E-state index in [1.54, 1.807) is 37.3 Å². The molecule has 1 atom stereocenters. The molecule has 208 valence electrons. The van der Waals surface area contributed by atoms with E-state index in [4.69, 9.17) is 11.6 Å². The molecule has 0 aliphatic rings. The Balaban J connectivity index is 2.05. The van der Waals surface area contributed by atoms with Crippen molar-refractivity contribution in [3.63, 3.8) is 0 Å². The Labute approximate surface area is 234 Å². The van der Waals surface area contributed by atoms with Gasteiger partial charge in [-0.25, -0.2) is 12.8 Å². The molecule has 3 rings (SSSR count). The zero-order valence-electron chi connectivity index (χ0n) is 22.4. The molecule has 10 heteroatoms. The zero-order valence-corrected chi connectivity index (χ0v) is 24.0. The second-order valence-corrected chi connectivity index (χ2v) is 11.6. The van der Waals surface area contributed by atoms with E-state index in [1.807, 2.05) is 13.8 Å². The average Bonchev–Trinajstić information content (AvgIpc) is 2.91. The molecule has 0 saturated heterocycles. The van der Waals surface area contributed by atoms with Gasteiger partial charge in [0.15, 0.2) is 0 Å². The summed E-state index contributed by atoms with van der Waals surface area (Å²) in [7, 11) is -4.22. The van der Waals surface area contributed by atoms with Gasteiger partial charge in [-0.05, 0) is 63.1 Å². The van der Waals surface area contributed by atoms with Gasteiger partial charge in [-0.1, -0.05) is 60.5 Å². The number of carbonyl (C=O) groups is 2. The smallest absolute Gasteiger partial charge is 0.264 e. The van der Waals surface area contributed by atoms with Gasteiger partial charge in [0.2, 0.25) is 11.8 Å². The van der Waals surface area contributed by atoms with Crippen molar-refractivity contribution in [3.8, 4) is 0 Å². The van der Waals surface area contributed by atoms with E-state index in [0.29, 0.717) is 18.0 Å². The second-order valence-electron chi connectivity index (χ2n) is 9.34. The topological polar surface area (TPSA) is 86.8 Å². The number of nitrogens with one attached hydrogen (secondary N) is 1. The van der Waals surface area contributed by atoms with E-state index in [1.165, 1.54) is 48.2 Å². The minimum Gasteiger partial charge on any atom is -0.354 e. The monoisotopic (exact) mass is 573 g/mol. The van der Waals surface area contributed by atoms with Gasteiger partial charge in [0.25, 0.3) is 10.0 Å². The summed E-state index contributed by atoms with van der Waals surface area (Å²) in [5.74, 6) is -1.64. The largest absolute Gasteiger partial charge is 0.354 e. The summed E-state index contributed by atoms with van der Waals surface area (Å²) in [6.45, 7) is 6.60. The summed E-state index contributed by atoms with van der Waals surface area (Å²) in [6.07, 6.45) is 0.691. The molecule has 0 fully saturated rings. The molecule has 0 aliphatic heterocycles. The van der Waals surface area contributed by atoms with Gasteiger partial charge in [-0.2, -0.15) is 0 Å². The number of amides is 2. The Bertz CT molecular complexity index is 1430. The van der Waals surface area contributed by atoms with Crippen molar-refractivity contribution >= 4 is 39.1 Å². The number of hydrogen-bond donors (Lipinski definition) is 1. The molecule has 0 saturated carbocycles. The summed E-state index contributed by atoms with van der Waals surface area (Å²) in [6, 6.07) is 15.9. The van der Waals surface area contributed by atoms with Crippen LogP contribution in [0.25, 0.3) is 0 Å². The molecule has 7 nitrogen and oxygen atoms in total. The number of nitrogens with zero attached hydrogens (tertiary/aromatic N) is 2. The fraction of sp³-hybridized carbons (Fsp3) is 0.310. The van der Waals surface area contributed by atoms with Crippen LogP contribution in [0.4, 0.5) is 10.1 Å². The highest BCUT2D eigenvalue weighted by molar-refractivity contribution is 7.92. The molecule has 0 bridgehead atoms. The Kier molecular flexibility index (Phi) is 10.1. The third kappa shape index (κ3) is 7.36. The zero-order chi connectivity index (χ0) is 28.7. The number of sulfonamides is 1. The van der Waals surface area contributed by atoms with Crippen LogP contribution in [0.15, 0.2) is 71.6 Å². The average molecular weight is 574 g/mol. The predicted octanol–water partition coefficient (Wildman–Crippen LogP) is 5.23. The van der Waals surface area contributed by atoms with Crippen molar-refractivity contribution in [1.29, 1.82) is 0 Å². The number of aryl methyl sites for hydroxylation is 2. The van der Waals surface area contributed by atoms with E-state index in [0.717, 1.165) is 15.4 Å². The van der Waals surface area contributed by atoms with Crippen molar-refractivity contribution in [2.75, 3.05) is 17.4 Å². The minimum atomic E-state index is -4.22. The highest BCUT2D eigenvalue weighted by Gasteiger charge is 2.33. The van der Waals surface area contributed by atoms with E-state index in [9.17, 15) is 22.4 Å². The third-order valence-corrected chi connectivity index (χ3v) is 8.54. The van der Waals surface area contributed by atoms with Crippen LogP contribution in [0.3, 0.4) is 0 Å². The molecular weight excluding hydrogens is 541 g/mol. The number of rotatable bonds is 11. The normalized spacial score (nSPS) is 12.1. The van der Waals surface area contributed by atoms with Crippen LogP contribution in [-0.2, 0) is 26.2 Å². The van der Waals surface area contributed by atoms with Crippen molar-refractivity contribution in [2.24, 2.45) is 0 Å². The highest BCUT2D eigenvalue weighted by atomic mass is 35.5. The first-order chi connectivity index (χ1) is 18.4. The van der Waals surface area contributed by atoms with Crippen molar-refractivity contribution < 1.29 is 22.4 Å². The number of halogens is 2. The van der Waals surface area contributed by atoms with Crippen LogP contribution in [-0.4, -0.2) is 44.3 Å². The fourth-order valence-corrected chi connectivity index (χ4v) is 5.47. The van der Waals surface area contributed by atoms with Gasteiger partial charge in [0, 0.05) is 23.7 Å². The van der Waals surface area contributed by atoms with Crippen LogP contribution in [0, 0.1) is 19.7 Å². The molecule has 0 aromatic heterocycles. The molecule has 2 amide bonds. The minimum absolute atomic E-state index is 0.00742. The van der Waals surface area contributed by atoms with Crippen molar-refractivity contribution in [2.45, 2.75) is 51.6 Å². The summed E-state index contributed by atoms with van der Waals surface area (Å²) in [4.78, 5) is 27.9. The summed E-state index contributed by atoms with van der Waals surface area (Å²) in [5.41, 5.74) is 2.00. The lowest BCUT2D eigenvalue weighted by molar-refractivity contribution is -0.139. The highest BCUT2D eigenvalue weighted by Crippen LogP contribution is 2.29. The maximum atomic E-state index is 14.6. The lowest BCUT2D eigenvalue weighted by Crippen LogP contribution is -2.51. The van der Waals surface area contributed by atoms with Crippen LogP contribution in [0.2, 0.25) is 5.02 Å². The fourth-order valence-electron chi connectivity index (χ4n) is 3.89. The molecule has 0 heterocycles. The number of hydrogen-bond acceptors (Lipinski definition) is 4. The maximum absolute atomic E-state index is 14.6. The standard InChI is InChI=1S/C29H33ClFN3O4S/c1-5-16-32-29(36)22(4)33(18-23-8-6-7-9-27(23)31)28(35)19-34(24-13-12-21(3)26(30)17-24)39(37,38)25-14-10-20(2)11-15-25/h6-15,17,22H,5,16,18-19H2,1-4H3,(H,32,36)/t22-/m1/s1. The molecule has 3 aromatic carbocycles. The molecule has 0 spiro atoms. The lowest BCUT2D eigenvalue weighted by Gasteiger charge is -2.32. The predicted molar refractivity (Wildman–Crippen MR) is 152 cm³/mol. The van der Waals surface area contributed by atoms with Crippen LogP contribution in [0.1, 0.15) is 37.0 Å². The van der Waals surface area contributed by atoms with Gasteiger partial charge >= 0.3 is 0 Å². The van der Waals surface area contributed by atoms with Crippen LogP contribution >= 0.6 is 11.6 Å². The molecule has 0 unspecified atom stereocenters. The third-order valence-electron chi connectivity index (χ3n) is 6.35. The molecule has 0 aliphatic carbocycles. The van der Waals surface area contributed by atoms with E-state index in [2.05, 4.69) is 5.32 Å². The van der Waals surface area contributed by atoms with Gasteiger partial charge in [0.05, 0.1) is 10.6 Å². The first-order valence-corrected chi connectivity index (χ1v) is 14.4. The Morgan fingerprint density at radius 2 is 1.69 bits per heavy atom. The quantitative estimate of drug-likeness (QED) is 0.340. The van der Waals surface area contributed by atoms with E-state index in [-0.39, 0.29) is 22.7 Å². The van der Waals surface area contributed by atoms with E-state index >= 15 is 0 Å². The van der Waals surface area contributed by atoms with Crippen LogP contribution in [0.5, 0.6) is 0 Å². The molecule has 0 radical (unpaired) electrons. The van der Waals surface area contributed by atoms with E-state index < -0.39 is 40.2 Å². The number of carbonyl (C=O) groups excluding carboxylic acids is 2. The number of benzene rings is 3. The summed E-state index contributed by atoms with van der Waals surface area (Å²) in [5, 5.41) is 3.08. The Hall–Kier alpha value is -3.43. The Morgan fingerprint density at radius 1 is 1.03 bits per heavy atom. The molecule has 3 aromatic rings. The van der Waals surface area contributed by atoms with Crippen LogP contribution < -0.4 is 9.62 Å². The first kappa shape index (κ1) is 30.1. The van der Waals surface area contributed by atoms with Gasteiger partial charge in [-0.3, -0.25) is 13.9 Å². The van der Waals surface area contributed by atoms with Gasteiger partial charge in [0.1, 0.15) is 18.4 Å². The number of anilines is 1. The first-order valence-electron chi connectivity index (χ1n) is 12.6. The maximum Gasteiger partial charge on any atom is 0.264 e.